The minimum Gasteiger partial charge on any atom is -0.394 e. The molecule has 0 aromatic carbocycles. The summed E-state index contributed by atoms with van der Waals surface area (Å²) >= 11 is 0. The zero-order valence-electron chi connectivity index (χ0n) is 60.7. The van der Waals surface area contributed by atoms with E-state index < -0.39 is 359 Å². The molecule has 0 aromatic rings. The number of rotatable bonds is 29. The smallest absolute Gasteiger partial charge is 0.217 e. The average molecular weight is 1640 g/mol. The van der Waals surface area contributed by atoms with Crippen LogP contribution in [0.3, 0.4) is 0 Å². The Kier molecular flexibility index (Phi) is 33.2. The van der Waals surface area contributed by atoms with E-state index in [9.17, 15) is 142 Å². The summed E-state index contributed by atoms with van der Waals surface area (Å²) in [5.41, 5.74) is 0. The molecule has 0 bridgehead atoms. The van der Waals surface area contributed by atoms with E-state index in [-0.39, 0.29) is 0 Å². The van der Waals surface area contributed by atoms with Gasteiger partial charge in [0.15, 0.2) is 50.3 Å². The molecule has 0 radical (unpaired) electrons. The van der Waals surface area contributed by atoms with E-state index in [4.69, 9.17) is 80.5 Å². The number of hydrogen-bond donors (Lipinski definition) is 28. The molecule has 28 N–H and O–H groups in total. The Morgan fingerprint density at radius 3 is 0.839 bits per heavy atom. The number of aliphatic hydroxyl groups excluding tert-OH is 24. The lowest BCUT2D eigenvalue weighted by Crippen LogP contribution is -2.71. The molecule has 4 amide bonds. The van der Waals surface area contributed by atoms with Gasteiger partial charge in [-0.3, -0.25) is 19.2 Å². The first-order valence-corrected chi connectivity index (χ1v) is 36.0. The summed E-state index contributed by atoms with van der Waals surface area (Å²) < 4.78 is 101. The van der Waals surface area contributed by atoms with Crippen LogP contribution in [-0.2, 0) is 99.7 Å². The third-order valence-corrected chi connectivity index (χ3v) is 20.6. The molecule has 0 aromatic heterocycles. The van der Waals surface area contributed by atoms with Gasteiger partial charge in [-0.15, -0.1) is 0 Å². The molecule has 112 heavy (non-hydrogen) atoms. The fraction of sp³-hybridized carbons (Fsp3) is 0.937. The van der Waals surface area contributed by atoms with Crippen LogP contribution in [0.5, 0.6) is 0 Å². The molecular formula is C63H106N4O45. The van der Waals surface area contributed by atoms with Gasteiger partial charge < -0.3 is 224 Å². The second-order valence-corrected chi connectivity index (χ2v) is 28.5. The normalized spacial score (nSPS) is 48.9. The number of amides is 4. The van der Waals surface area contributed by atoms with E-state index in [1.165, 1.54) is 6.92 Å². The molecule has 0 aliphatic carbocycles. The highest BCUT2D eigenvalue weighted by molar-refractivity contribution is 5.74. The lowest BCUT2D eigenvalue weighted by Gasteiger charge is -2.51. The van der Waals surface area contributed by atoms with Crippen LogP contribution in [0.25, 0.3) is 0 Å². The largest absolute Gasteiger partial charge is 0.394 e. The van der Waals surface area contributed by atoms with Crippen molar-refractivity contribution in [3.8, 4) is 0 Å². The van der Waals surface area contributed by atoms with Crippen LogP contribution in [0, 0.1) is 0 Å². The van der Waals surface area contributed by atoms with Gasteiger partial charge in [-0.2, -0.15) is 0 Å². The minimum atomic E-state index is -2.55. The Bertz CT molecular complexity index is 2970. The van der Waals surface area contributed by atoms with Crippen LogP contribution in [0.4, 0.5) is 0 Å². The Hall–Kier alpha value is -3.76. The van der Waals surface area contributed by atoms with Crippen LogP contribution in [0.2, 0.25) is 0 Å². The molecular weight excluding hydrogens is 1530 g/mol. The highest BCUT2D eigenvalue weighted by atomic mass is 16.8. The quantitative estimate of drug-likeness (QED) is 0.0331. The predicted molar refractivity (Wildman–Crippen MR) is 347 cm³/mol. The average Bonchev–Trinajstić information content (AvgIpc) is 0.803. The molecule has 9 aliphatic heterocycles. The van der Waals surface area contributed by atoms with Crippen LogP contribution >= 0.6 is 0 Å². The number of aliphatic hydroxyl groups is 24. The van der Waals surface area contributed by atoms with Gasteiger partial charge in [-0.25, -0.2) is 0 Å². The van der Waals surface area contributed by atoms with Gasteiger partial charge in [0, 0.05) is 27.7 Å². The lowest BCUT2D eigenvalue weighted by molar-refractivity contribution is -0.398. The minimum absolute atomic E-state index is 0.628. The molecule has 27 unspecified atom stereocenters. The third-order valence-electron chi connectivity index (χ3n) is 20.6. The van der Waals surface area contributed by atoms with Gasteiger partial charge in [0.05, 0.1) is 71.6 Å². The second-order valence-electron chi connectivity index (χ2n) is 28.5. The molecule has 49 heteroatoms. The Labute approximate surface area is 635 Å². The van der Waals surface area contributed by atoms with E-state index in [0.717, 1.165) is 27.7 Å². The van der Waals surface area contributed by atoms with Crippen LogP contribution in [0.15, 0.2) is 0 Å². The molecule has 49 nitrogen and oxygen atoms in total. The number of carbonyl (C=O) groups excluding carboxylic acids is 4. The molecule has 9 rings (SSSR count). The number of ether oxygens (including phenoxy) is 17. The summed E-state index contributed by atoms with van der Waals surface area (Å²) in [4.78, 5) is 51.1. The molecule has 0 saturated carbocycles. The van der Waals surface area contributed by atoms with E-state index >= 15 is 0 Å². The van der Waals surface area contributed by atoms with Gasteiger partial charge in [0.1, 0.15) is 213 Å². The van der Waals surface area contributed by atoms with Gasteiger partial charge in [0.25, 0.3) is 0 Å². The molecule has 9 fully saturated rings. The number of carbonyl (C=O) groups is 4. The van der Waals surface area contributed by atoms with E-state index in [1.54, 1.807) is 0 Å². The molecule has 45 atom stereocenters. The zero-order chi connectivity index (χ0) is 82.5. The highest BCUT2D eigenvalue weighted by Gasteiger charge is 2.61. The van der Waals surface area contributed by atoms with Crippen molar-refractivity contribution in [3.05, 3.63) is 0 Å². The SMILES string of the molecule is CC(=O)NC1C(O)[C@H](O[C@@H]2OC(CO)[C@H](O)C(O)C2O)C(CO)O[C@H]1OC1C(O)[C@H](O)C(CO)O[C@@H]1OC1C(O)[C@H](O[C@@H]2C(CO)O[C@@H](O[C@@H]3C(CO)O[C@@H](C)C(NC(C)=O)C3O)C(NC(C)=O)C2O)OC(CO[C@H]2OC(CO)[C@@H](O)C(O)C2O[C@@H]2OC(CO)[C@@H](O[C@@H]3OC(CO)[C@H](O)C(O)C3O)C(O)C2NC(C)=O)[C@H]1O. The summed E-state index contributed by atoms with van der Waals surface area (Å²) in [7, 11) is 0. The summed E-state index contributed by atoms with van der Waals surface area (Å²) in [5, 5.41) is 277. The van der Waals surface area contributed by atoms with E-state index in [1.807, 2.05) is 0 Å². The van der Waals surface area contributed by atoms with Crippen LogP contribution in [0.1, 0.15) is 34.6 Å². The van der Waals surface area contributed by atoms with Crippen molar-refractivity contribution in [2.45, 2.75) is 311 Å². The highest BCUT2D eigenvalue weighted by Crippen LogP contribution is 2.40. The third kappa shape index (κ3) is 20.2. The fourth-order valence-electron chi connectivity index (χ4n) is 14.7. The zero-order valence-corrected chi connectivity index (χ0v) is 60.7. The summed E-state index contributed by atoms with van der Waals surface area (Å²) in [5.74, 6) is -3.40. The Balaban J connectivity index is 1.05. The van der Waals surface area contributed by atoms with E-state index in [0.29, 0.717) is 0 Å². The summed E-state index contributed by atoms with van der Waals surface area (Å²) in [6, 6.07) is -6.90. The Morgan fingerprint density at radius 1 is 0.241 bits per heavy atom. The second kappa shape index (κ2) is 40.3. The molecule has 9 saturated heterocycles. The van der Waals surface area contributed by atoms with E-state index in [2.05, 4.69) is 21.3 Å². The van der Waals surface area contributed by atoms with Gasteiger partial charge >= 0.3 is 0 Å². The van der Waals surface area contributed by atoms with Crippen molar-refractivity contribution >= 4 is 23.6 Å². The number of hydrogen-bond acceptors (Lipinski definition) is 45. The molecule has 9 aliphatic rings. The topological polar surface area (TPSA) is 759 Å². The van der Waals surface area contributed by atoms with Crippen molar-refractivity contribution < 1.29 is 222 Å². The maximum absolute atomic E-state index is 13.0. The van der Waals surface area contributed by atoms with Crippen molar-refractivity contribution in [1.29, 1.82) is 0 Å². The predicted octanol–water partition coefficient (Wildman–Crippen LogP) is -19.0. The maximum Gasteiger partial charge on any atom is 0.217 e. The van der Waals surface area contributed by atoms with Crippen LogP contribution in [-0.4, -0.2) is 482 Å². The monoisotopic (exact) mass is 1640 g/mol. The van der Waals surface area contributed by atoms with Crippen molar-refractivity contribution in [3.63, 3.8) is 0 Å². The lowest BCUT2D eigenvalue weighted by atomic mass is 9.92. The molecule has 9 heterocycles. The van der Waals surface area contributed by atoms with Gasteiger partial charge in [-0.05, 0) is 6.92 Å². The first-order valence-electron chi connectivity index (χ1n) is 36.0. The van der Waals surface area contributed by atoms with Crippen molar-refractivity contribution in [2.24, 2.45) is 0 Å². The molecule has 0 spiro atoms. The fourth-order valence-corrected chi connectivity index (χ4v) is 14.7. The van der Waals surface area contributed by atoms with Crippen LogP contribution < -0.4 is 21.3 Å². The van der Waals surface area contributed by atoms with Crippen molar-refractivity contribution in [1.82, 2.24) is 21.3 Å². The molecule has 648 valence electrons. The number of nitrogens with one attached hydrogen (secondary N) is 4. The van der Waals surface area contributed by atoms with Crippen molar-refractivity contribution in [2.75, 3.05) is 59.5 Å². The standard InChI is InChI=1S/C63H106N4O45/c1-15-29(64-16(2)76)38(85)49(24(10-72)97-15)106-56-30(65-17(3)77)39(86)52(27(13-75)102-56)109-61-48(95)53(110-63-55(45(92)36(83)23(9-71)101-63)112-58-32(67-19(5)79)41(88)51(26(12-74)104-58)108-60-47(94)43(90)34(81)21(7-69)99-60)37(84)28(105-61)14-96-62-54(44(91)35(82)22(8-70)100-62)111-57-31(66-18(4)78)40(87)50(25(11-73)103-57)107-59-46(93)42(89)33(80)20(6-68)98-59/h15,20-63,68-75,80-95H,6-14H2,1-5H3,(H,64,76)(H,65,77)(H,66,78)(H,67,79)/t15-,20?,21?,22?,23?,24?,25?,26?,27?,28?,29?,30?,31?,32?,33-,34-,35+,36+,37+,38?,39?,40?,41?,42?,43?,44?,45?,46?,47?,48?,49+,50+,51+,52+,53?,54?,55?,56-,57-,58-,59-,60-,61-,62-,63+/m0/s1. The first kappa shape index (κ1) is 92.1. The van der Waals surface area contributed by atoms with Gasteiger partial charge in [-0.1, -0.05) is 0 Å². The maximum atomic E-state index is 13.0. The van der Waals surface area contributed by atoms with Gasteiger partial charge in [0.2, 0.25) is 23.6 Å². The summed E-state index contributed by atoms with van der Waals surface area (Å²) in [6.07, 6.45) is -82.9. The summed E-state index contributed by atoms with van der Waals surface area (Å²) in [6.45, 7) is -4.12. The first-order chi connectivity index (χ1) is 53.0. The Morgan fingerprint density at radius 2 is 0.491 bits per heavy atom.